The molecule has 1 amide bonds. The molecule has 1 unspecified atom stereocenters. The first-order valence-electron chi connectivity index (χ1n) is 7.10. The maximum Gasteiger partial charge on any atom is 0.226 e. The first-order valence-corrected chi connectivity index (χ1v) is 7.10. The van der Waals surface area contributed by atoms with Crippen LogP contribution in [-0.4, -0.2) is 35.6 Å². The second-order valence-corrected chi connectivity index (χ2v) is 5.53. The number of nitrogens with zero attached hydrogens (tertiary/aromatic N) is 1. The van der Waals surface area contributed by atoms with E-state index in [1.165, 1.54) is 5.56 Å². The molecule has 0 aliphatic heterocycles. The number of hydrogen-bond acceptors (Lipinski definition) is 2. The normalized spacial score (nSPS) is 16.2. The zero-order valence-corrected chi connectivity index (χ0v) is 11.8. The highest BCUT2D eigenvalue weighted by atomic mass is 16.3. The Morgan fingerprint density at radius 2 is 2.11 bits per heavy atom. The molecule has 2 rings (SSSR count). The second-order valence-electron chi connectivity index (χ2n) is 5.53. The molecule has 3 nitrogen and oxygen atoms in total. The predicted molar refractivity (Wildman–Crippen MR) is 75.9 cm³/mol. The average Bonchev–Trinajstić information content (AvgIpc) is 3.23. The molecule has 104 valence electrons. The number of carbonyl (C=O) groups is 1. The molecule has 0 spiro atoms. The molecular formula is C16H23NO2. The van der Waals surface area contributed by atoms with Crippen LogP contribution < -0.4 is 0 Å². The molecule has 1 aliphatic rings. The fraction of sp³-hybridized carbons (Fsp3) is 0.562. The van der Waals surface area contributed by atoms with E-state index in [0.29, 0.717) is 18.9 Å². The minimum Gasteiger partial charge on any atom is -0.391 e. The SMILES string of the molecule is CCc1cccc(CC(=O)N(C)CC(O)C2CC2)c1. The Morgan fingerprint density at radius 3 is 2.74 bits per heavy atom. The summed E-state index contributed by atoms with van der Waals surface area (Å²) in [5, 5.41) is 9.86. The Balaban J connectivity index is 1.88. The summed E-state index contributed by atoms with van der Waals surface area (Å²) in [4.78, 5) is 13.8. The lowest BCUT2D eigenvalue weighted by atomic mass is 10.1. The maximum absolute atomic E-state index is 12.1. The number of benzene rings is 1. The predicted octanol–water partition coefficient (Wildman–Crippen LogP) is 2.02. The van der Waals surface area contributed by atoms with Gasteiger partial charge in [-0.1, -0.05) is 31.2 Å². The number of aryl methyl sites for hydroxylation is 1. The Morgan fingerprint density at radius 1 is 1.42 bits per heavy atom. The van der Waals surface area contributed by atoms with E-state index in [1.54, 1.807) is 11.9 Å². The third kappa shape index (κ3) is 4.06. The van der Waals surface area contributed by atoms with Crippen molar-refractivity contribution in [1.29, 1.82) is 0 Å². The highest BCUT2D eigenvalue weighted by molar-refractivity contribution is 5.78. The van der Waals surface area contributed by atoms with Gasteiger partial charge in [-0.25, -0.2) is 0 Å². The van der Waals surface area contributed by atoms with Gasteiger partial charge in [0.05, 0.1) is 12.5 Å². The summed E-state index contributed by atoms with van der Waals surface area (Å²) in [7, 11) is 1.78. The van der Waals surface area contributed by atoms with E-state index < -0.39 is 0 Å². The molecule has 3 heteroatoms. The Labute approximate surface area is 115 Å². The molecule has 0 saturated heterocycles. The van der Waals surface area contributed by atoms with Crippen molar-refractivity contribution in [2.75, 3.05) is 13.6 Å². The monoisotopic (exact) mass is 261 g/mol. The molecule has 0 radical (unpaired) electrons. The zero-order chi connectivity index (χ0) is 13.8. The van der Waals surface area contributed by atoms with Crippen LogP contribution in [0.1, 0.15) is 30.9 Å². The van der Waals surface area contributed by atoms with Crippen LogP contribution in [0.5, 0.6) is 0 Å². The number of likely N-dealkylation sites (N-methyl/N-ethyl adjacent to an activating group) is 1. The van der Waals surface area contributed by atoms with Crippen LogP contribution in [0.25, 0.3) is 0 Å². The molecule has 1 aromatic rings. The Bertz CT molecular complexity index is 440. The number of amides is 1. The molecule has 1 aliphatic carbocycles. The molecule has 0 bridgehead atoms. The van der Waals surface area contributed by atoms with Gasteiger partial charge in [0.1, 0.15) is 0 Å². The third-order valence-electron chi connectivity index (χ3n) is 3.81. The largest absolute Gasteiger partial charge is 0.391 e. The summed E-state index contributed by atoms with van der Waals surface area (Å²) < 4.78 is 0. The van der Waals surface area contributed by atoms with Crippen molar-refractivity contribution in [2.24, 2.45) is 5.92 Å². The minimum absolute atomic E-state index is 0.0768. The highest BCUT2D eigenvalue weighted by Gasteiger charge is 2.31. The lowest BCUT2D eigenvalue weighted by Crippen LogP contribution is -2.36. The van der Waals surface area contributed by atoms with E-state index in [-0.39, 0.29) is 12.0 Å². The van der Waals surface area contributed by atoms with Crippen LogP contribution in [0.4, 0.5) is 0 Å². The molecule has 0 heterocycles. The summed E-state index contributed by atoms with van der Waals surface area (Å²) in [6.07, 6.45) is 3.25. The Hall–Kier alpha value is -1.35. The van der Waals surface area contributed by atoms with E-state index in [4.69, 9.17) is 0 Å². The van der Waals surface area contributed by atoms with E-state index >= 15 is 0 Å². The second kappa shape index (κ2) is 6.20. The van der Waals surface area contributed by atoms with Crippen LogP contribution in [0, 0.1) is 5.92 Å². The fourth-order valence-corrected chi connectivity index (χ4v) is 2.28. The molecule has 1 fully saturated rings. The standard InChI is InChI=1S/C16H23NO2/c1-3-12-5-4-6-13(9-12)10-16(19)17(2)11-15(18)14-7-8-14/h4-6,9,14-15,18H,3,7-8,10-11H2,1-2H3. The van der Waals surface area contributed by atoms with Crippen LogP contribution in [-0.2, 0) is 17.6 Å². The van der Waals surface area contributed by atoms with Gasteiger partial charge in [-0.05, 0) is 36.3 Å². The maximum atomic E-state index is 12.1. The van der Waals surface area contributed by atoms with Crippen molar-refractivity contribution in [3.8, 4) is 0 Å². The molecule has 19 heavy (non-hydrogen) atoms. The van der Waals surface area contributed by atoms with E-state index in [1.807, 2.05) is 12.1 Å². The van der Waals surface area contributed by atoms with Crippen molar-refractivity contribution in [3.63, 3.8) is 0 Å². The van der Waals surface area contributed by atoms with Crippen LogP contribution in [0.3, 0.4) is 0 Å². The number of rotatable bonds is 6. The summed E-state index contributed by atoms with van der Waals surface area (Å²) in [5.41, 5.74) is 2.31. The van der Waals surface area contributed by atoms with Gasteiger partial charge >= 0.3 is 0 Å². The van der Waals surface area contributed by atoms with Gasteiger partial charge in [-0.3, -0.25) is 4.79 Å². The molecule has 1 aromatic carbocycles. The van der Waals surface area contributed by atoms with Crippen molar-refractivity contribution in [2.45, 2.75) is 38.7 Å². The van der Waals surface area contributed by atoms with Crippen molar-refractivity contribution < 1.29 is 9.90 Å². The highest BCUT2D eigenvalue weighted by Crippen LogP contribution is 2.32. The summed E-state index contributed by atoms with van der Waals surface area (Å²) in [6, 6.07) is 8.15. The van der Waals surface area contributed by atoms with Crippen molar-refractivity contribution in [3.05, 3.63) is 35.4 Å². The van der Waals surface area contributed by atoms with E-state index in [0.717, 1.165) is 24.8 Å². The number of carbonyl (C=O) groups excluding carboxylic acids is 1. The van der Waals surface area contributed by atoms with Crippen LogP contribution in [0.15, 0.2) is 24.3 Å². The number of aliphatic hydroxyl groups is 1. The van der Waals surface area contributed by atoms with Crippen LogP contribution in [0.2, 0.25) is 0 Å². The number of hydrogen-bond donors (Lipinski definition) is 1. The molecule has 0 aromatic heterocycles. The average molecular weight is 261 g/mol. The van der Waals surface area contributed by atoms with Crippen LogP contribution >= 0.6 is 0 Å². The van der Waals surface area contributed by atoms with Gasteiger partial charge in [0, 0.05) is 13.6 Å². The van der Waals surface area contributed by atoms with Crippen molar-refractivity contribution in [1.82, 2.24) is 4.90 Å². The van der Waals surface area contributed by atoms with E-state index in [2.05, 4.69) is 19.1 Å². The number of aliphatic hydroxyl groups excluding tert-OH is 1. The lowest BCUT2D eigenvalue weighted by Gasteiger charge is -2.21. The first kappa shape index (κ1) is 14.1. The van der Waals surface area contributed by atoms with Gasteiger partial charge in [-0.15, -0.1) is 0 Å². The summed E-state index contributed by atoms with van der Waals surface area (Å²) >= 11 is 0. The van der Waals surface area contributed by atoms with Gasteiger partial charge in [-0.2, -0.15) is 0 Å². The molecule has 1 N–H and O–H groups in total. The lowest BCUT2D eigenvalue weighted by molar-refractivity contribution is -0.130. The van der Waals surface area contributed by atoms with Gasteiger partial charge in [0.15, 0.2) is 0 Å². The van der Waals surface area contributed by atoms with Crippen molar-refractivity contribution >= 4 is 5.91 Å². The first-order chi connectivity index (χ1) is 9.10. The topological polar surface area (TPSA) is 40.5 Å². The Kier molecular flexibility index (Phi) is 4.59. The smallest absolute Gasteiger partial charge is 0.226 e. The van der Waals surface area contributed by atoms with E-state index in [9.17, 15) is 9.90 Å². The minimum atomic E-state index is -0.351. The summed E-state index contributed by atoms with van der Waals surface area (Å²) in [6.45, 7) is 2.57. The fourth-order valence-electron chi connectivity index (χ4n) is 2.28. The zero-order valence-electron chi connectivity index (χ0n) is 11.8. The third-order valence-corrected chi connectivity index (χ3v) is 3.81. The molecule has 1 saturated carbocycles. The van der Waals surface area contributed by atoms with Gasteiger partial charge in [0.25, 0.3) is 0 Å². The molecular weight excluding hydrogens is 238 g/mol. The van der Waals surface area contributed by atoms with Gasteiger partial charge < -0.3 is 10.0 Å². The summed E-state index contributed by atoms with van der Waals surface area (Å²) in [5.74, 6) is 0.492. The quantitative estimate of drug-likeness (QED) is 0.851. The molecule has 1 atom stereocenters. The van der Waals surface area contributed by atoms with Gasteiger partial charge in [0.2, 0.25) is 5.91 Å².